The fraction of sp³-hybridized carbons (Fsp3) is 0.304. The second-order valence-corrected chi connectivity index (χ2v) is 8.65. The smallest absolute Gasteiger partial charge is 0.405 e. The fourth-order valence-electron chi connectivity index (χ4n) is 4.04. The Morgan fingerprint density at radius 3 is 2.61 bits per heavy atom. The second-order valence-electron chi connectivity index (χ2n) is 8.21. The number of carbonyl (C=O) groups excluding carboxylic acids is 1. The summed E-state index contributed by atoms with van der Waals surface area (Å²) in [6, 6.07) is 7.61. The first kappa shape index (κ1) is 25.5. The molecule has 0 radical (unpaired) electrons. The van der Waals surface area contributed by atoms with Gasteiger partial charge in [0.1, 0.15) is 23.8 Å². The number of benzene rings is 1. The molecule has 2 aromatic heterocycles. The Balaban J connectivity index is 1.76. The number of alkyl halides is 3. The number of fused-ring (bicyclic) bond motifs is 1. The van der Waals surface area contributed by atoms with E-state index in [-0.39, 0.29) is 36.2 Å². The molecule has 1 unspecified atom stereocenters. The number of amides is 1. The molecule has 13 heteroatoms. The van der Waals surface area contributed by atoms with Crippen molar-refractivity contribution in [1.29, 1.82) is 0 Å². The summed E-state index contributed by atoms with van der Waals surface area (Å²) in [6.07, 6.45) is -3.18. The third kappa shape index (κ3) is 5.44. The quantitative estimate of drug-likeness (QED) is 0.454. The highest BCUT2D eigenvalue weighted by Crippen LogP contribution is 2.29. The third-order valence-electron chi connectivity index (χ3n) is 5.78. The van der Waals surface area contributed by atoms with Crippen LogP contribution in [0.1, 0.15) is 15.9 Å². The van der Waals surface area contributed by atoms with Crippen molar-refractivity contribution in [3.63, 3.8) is 0 Å². The molecular weight excluding hydrogens is 503 g/mol. The molecule has 9 nitrogen and oxygen atoms in total. The van der Waals surface area contributed by atoms with Gasteiger partial charge in [0.25, 0.3) is 11.5 Å². The SMILES string of the molecule is O=C(O)Cn1c(=O)c(C(=O)NCc2ccc(Cl)cc2)cc2c(N3CCNC(C(F)(F)F)C3)ccnc21. The minimum absolute atomic E-state index is 0.0451. The molecule has 0 aliphatic carbocycles. The molecule has 0 bridgehead atoms. The van der Waals surface area contributed by atoms with Gasteiger partial charge in [0.05, 0.1) is 0 Å². The van der Waals surface area contributed by atoms with E-state index in [4.69, 9.17) is 11.6 Å². The highest BCUT2D eigenvalue weighted by atomic mass is 35.5. The number of aromatic nitrogens is 2. The summed E-state index contributed by atoms with van der Waals surface area (Å²) in [4.78, 5) is 43.1. The van der Waals surface area contributed by atoms with Gasteiger partial charge in [-0.05, 0) is 29.8 Å². The number of nitrogens with one attached hydrogen (secondary N) is 2. The summed E-state index contributed by atoms with van der Waals surface area (Å²) in [6.45, 7) is -0.841. The number of carboxylic acid groups (broad SMARTS) is 1. The number of aliphatic carboxylic acids is 1. The lowest BCUT2D eigenvalue weighted by Gasteiger charge is -2.36. The normalized spacial score (nSPS) is 16.2. The predicted octanol–water partition coefficient (Wildman–Crippen LogP) is 2.41. The van der Waals surface area contributed by atoms with Gasteiger partial charge >= 0.3 is 12.1 Å². The van der Waals surface area contributed by atoms with Gasteiger partial charge in [-0.1, -0.05) is 23.7 Å². The molecule has 4 rings (SSSR count). The van der Waals surface area contributed by atoms with Crippen molar-refractivity contribution < 1.29 is 27.9 Å². The van der Waals surface area contributed by atoms with Crippen LogP contribution in [0, 0.1) is 0 Å². The Morgan fingerprint density at radius 1 is 1.22 bits per heavy atom. The molecule has 1 amide bonds. The van der Waals surface area contributed by atoms with Gasteiger partial charge in [-0.2, -0.15) is 13.2 Å². The number of carbonyl (C=O) groups is 2. The molecular formula is C23H21ClF3N5O4. The first-order valence-electron chi connectivity index (χ1n) is 10.9. The van der Waals surface area contributed by atoms with E-state index >= 15 is 0 Å². The Bertz CT molecular complexity index is 1360. The maximum atomic E-state index is 13.3. The zero-order valence-corrected chi connectivity index (χ0v) is 19.4. The number of hydrogen-bond acceptors (Lipinski definition) is 6. The maximum Gasteiger partial charge on any atom is 0.405 e. The number of halogens is 4. The van der Waals surface area contributed by atoms with Crippen LogP contribution in [0.3, 0.4) is 0 Å². The molecule has 190 valence electrons. The van der Waals surface area contributed by atoms with Crippen LogP contribution in [0.15, 0.2) is 47.4 Å². The van der Waals surface area contributed by atoms with Crippen molar-refractivity contribution in [2.75, 3.05) is 24.5 Å². The average Bonchev–Trinajstić information content (AvgIpc) is 2.84. The number of anilines is 1. The molecule has 0 saturated carbocycles. The van der Waals surface area contributed by atoms with Crippen molar-refractivity contribution in [3.8, 4) is 0 Å². The predicted molar refractivity (Wildman–Crippen MR) is 126 cm³/mol. The fourth-order valence-corrected chi connectivity index (χ4v) is 4.17. The Morgan fingerprint density at radius 2 is 1.94 bits per heavy atom. The summed E-state index contributed by atoms with van der Waals surface area (Å²) >= 11 is 5.86. The van der Waals surface area contributed by atoms with E-state index < -0.39 is 42.7 Å². The van der Waals surface area contributed by atoms with E-state index in [0.29, 0.717) is 16.3 Å². The van der Waals surface area contributed by atoms with Crippen LogP contribution in [0.5, 0.6) is 0 Å². The van der Waals surface area contributed by atoms with Gasteiger partial charge in [-0.15, -0.1) is 0 Å². The minimum atomic E-state index is -4.47. The van der Waals surface area contributed by atoms with Crippen LogP contribution < -0.4 is 21.1 Å². The van der Waals surface area contributed by atoms with Gasteiger partial charge in [0.15, 0.2) is 0 Å². The van der Waals surface area contributed by atoms with Crippen LogP contribution >= 0.6 is 11.6 Å². The Hall–Kier alpha value is -3.64. The molecule has 3 N–H and O–H groups in total. The van der Waals surface area contributed by atoms with Crippen molar-refractivity contribution in [3.05, 3.63) is 69.1 Å². The molecule has 3 aromatic rings. The zero-order chi connectivity index (χ0) is 26.0. The van der Waals surface area contributed by atoms with Gasteiger partial charge in [-0.25, -0.2) is 4.98 Å². The first-order valence-corrected chi connectivity index (χ1v) is 11.2. The van der Waals surface area contributed by atoms with E-state index in [2.05, 4.69) is 15.6 Å². The number of piperazine rings is 1. The lowest BCUT2D eigenvalue weighted by molar-refractivity contribution is -0.155. The molecule has 36 heavy (non-hydrogen) atoms. The van der Waals surface area contributed by atoms with Gasteiger partial charge in [-0.3, -0.25) is 19.0 Å². The number of hydrogen-bond donors (Lipinski definition) is 3. The highest BCUT2D eigenvalue weighted by molar-refractivity contribution is 6.30. The Labute approximate surface area is 207 Å². The molecule has 1 aromatic carbocycles. The number of pyridine rings is 2. The lowest BCUT2D eigenvalue weighted by atomic mass is 10.1. The lowest BCUT2D eigenvalue weighted by Crippen LogP contribution is -2.57. The van der Waals surface area contributed by atoms with Crippen LogP contribution in [0.25, 0.3) is 11.0 Å². The molecule has 1 saturated heterocycles. The van der Waals surface area contributed by atoms with Gasteiger partial charge in [0, 0.05) is 48.5 Å². The minimum Gasteiger partial charge on any atom is -0.480 e. The number of carboxylic acids is 1. The summed E-state index contributed by atoms with van der Waals surface area (Å²) < 4.78 is 40.9. The summed E-state index contributed by atoms with van der Waals surface area (Å²) in [7, 11) is 0. The highest BCUT2D eigenvalue weighted by Gasteiger charge is 2.42. The standard InChI is InChI=1S/C23H21ClF3N5O4/c24-14-3-1-13(2-4-14)10-30-21(35)16-9-15-17(31-8-7-28-18(11-31)23(25,26)27)5-6-29-20(15)32(22(16)36)12-19(33)34/h1-6,9,18,28H,7-8,10-12H2,(H,30,35)(H,33,34). The maximum absolute atomic E-state index is 13.3. The molecule has 3 heterocycles. The van der Waals surface area contributed by atoms with Crippen LogP contribution in [0.4, 0.5) is 18.9 Å². The van der Waals surface area contributed by atoms with E-state index in [1.165, 1.54) is 23.2 Å². The number of rotatable bonds is 6. The largest absolute Gasteiger partial charge is 0.480 e. The third-order valence-corrected chi connectivity index (χ3v) is 6.03. The van der Waals surface area contributed by atoms with Crippen LogP contribution in [0.2, 0.25) is 5.02 Å². The number of nitrogens with zero attached hydrogens (tertiary/aromatic N) is 3. The van der Waals surface area contributed by atoms with Crippen molar-refractivity contribution in [2.45, 2.75) is 25.3 Å². The molecule has 1 fully saturated rings. The van der Waals surface area contributed by atoms with E-state index in [1.54, 1.807) is 24.3 Å². The van der Waals surface area contributed by atoms with Crippen LogP contribution in [-0.4, -0.2) is 58.4 Å². The zero-order valence-electron chi connectivity index (χ0n) is 18.7. The molecule has 1 aliphatic heterocycles. The van der Waals surface area contributed by atoms with Crippen molar-refractivity contribution in [1.82, 2.24) is 20.2 Å². The van der Waals surface area contributed by atoms with E-state index in [0.717, 1.165) is 4.57 Å². The monoisotopic (exact) mass is 523 g/mol. The summed E-state index contributed by atoms with van der Waals surface area (Å²) in [5.41, 5.74) is -0.259. The van der Waals surface area contributed by atoms with Crippen molar-refractivity contribution in [2.24, 2.45) is 0 Å². The van der Waals surface area contributed by atoms with Crippen molar-refractivity contribution >= 4 is 40.2 Å². The average molecular weight is 524 g/mol. The molecule has 1 atom stereocenters. The van der Waals surface area contributed by atoms with E-state index in [1.807, 2.05) is 0 Å². The Kier molecular flexibility index (Phi) is 7.18. The summed E-state index contributed by atoms with van der Waals surface area (Å²) in [5.74, 6) is -2.11. The van der Waals surface area contributed by atoms with Gasteiger partial charge < -0.3 is 20.6 Å². The topological polar surface area (TPSA) is 117 Å². The molecule has 1 aliphatic rings. The molecule has 0 spiro atoms. The van der Waals surface area contributed by atoms with E-state index in [9.17, 15) is 32.7 Å². The van der Waals surface area contributed by atoms with Crippen LogP contribution in [-0.2, 0) is 17.9 Å². The van der Waals surface area contributed by atoms with Gasteiger partial charge in [0.2, 0.25) is 0 Å². The second kappa shape index (κ2) is 10.2. The first-order chi connectivity index (χ1) is 17.0. The summed E-state index contributed by atoms with van der Waals surface area (Å²) in [5, 5.41) is 15.1.